The minimum absolute atomic E-state index is 0.0911. The number of nitrogens with zero attached hydrogens (tertiary/aromatic N) is 2. The fraction of sp³-hybridized carbons (Fsp3) is 0.294. The molecule has 1 aromatic carbocycles. The predicted molar refractivity (Wildman–Crippen MR) is 83.1 cm³/mol. The van der Waals surface area contributed by atoms with Gasteiger partial charge < -0.3 is 10.3 Å². The molecule has 0 amide bonds. The number of hydrogen-bond donors (Lipinski definition) is 2. The summed E-state index contributed by atoms with van der Waals surface area (Å²) >= 11 is 0. The molecule has 0 aliphatic rings. The number of oxime groups is 1. The summed E-state index contributed by atoms with van der Waals surface area (Å²) in [5, 5.41) is 21.7. The molecule has 0 fully saturated rings. The highest BCUT2D eigenvalue weighted by atomic mass is 16.4. The Hall–Kier alpha value is -2.36. The first-order valence-electron chi connectivity index (χ1n) is 7.11. The van der Waals surface area contributed by atoms with Crippen LogP contribution in [0.15, 0.2) is 41.7 Å². The minimum Gasteiger partial charge on any atom is -0.505 e. The number of benzene rings is 1. The van der Waals surface area contributed by atoms with Crippen LogP contribution in [0.1, 0.15) is 35.2 Å². The Morgan fingerprint density at radius 2 is 1.86 bits per heavy atom. The van der Waals surface area contributed by atoms with E-state index in [-0.39, 0.29) is 5.75 Å². The van der Waals surface area contributed by atoms with Crippen LogP contribution in [0.5, 0.6) is 5.75 Å². The molecular weight excluding hydrogens is 264 g/mol. The van der Waals surface area contributed by atoms with Gasteiger partial charge in [-0.25, -0.2) is 0 Å². The first-order valence-corrected chi connectivity index (χ1v) is 7.11. The van der Waals surface area contributed by atoms with Crippen LogP contribution < -0.4 is 0 Å². The maximum Gasteiger partial charge on any atom is 0.145 e. The van der Waals surface area contributed by atoms with Gasteiger partial charge in [0.1, 0.15) is 5.75 Å². The van der Waals surface area contributed by atoms with Gasteiger partial charge >= 0.3 is 0 Å². The molecule has 0 spiro atoms. The quantitative estimate of drug-likeness (QED) is 0.369. The number of pyridine rings is 1. The lowest BCUT2D eigenvalue weighted by molar-refractivity contribution is 0.321. The number of rotatable bonds is 6. The highest BCUT2D eigenvalue weighted by Crippen LogP contribution is 2.23. The predicted octanol–water partition coefficient (Wildman–Crippen LogP) is 3.47. The van der Waals surface area contributed by atoms with Gasteiger partial charge in [0, 0.05) is 11.8 Å². The van der Waals surface area contributed by atoms with E-state index >= 15 is 0 Å². The summed E-state index contributed by atoms with van der Waals surface area (Å²) in [4.78, 5) is 4.17. The highest BCUT2D eigenvalue weighted by Gasteiger charge is 2.10. The molecule has 2 aromatic rings. The Morgan fingerprint density at radius 3 is 2.57 bits per heavy atom. The SMILES string of the molecule is Cc1ncc(CCCCc2ccccc2)c(C=NO)c1O. The second-order valence-electron chi connectivity index (χ2n) is 5.07. The van der Waals surface area contributed by atoms with Gasteiger partial charge in [-0.1, -0.05) is 35.5 Å². The lowest BCUT2D eigenvalue weighted by Crippen LogP contribution is -1.99. The van der Waals surface area contributed by atoms with E-state index in [1.165, 1.54) is 11.8 Å². The van der Waals surface area contributed by atoms with E-state index < -0.39 is 0 Å². The molecule has 0 radical (unpaired) electrons. The Kier molecular flexibility index (Phi) is 5.32. The Labute approximate surface area is 124 Å². The van der Waals surface area contributed by atoms with Crippen molar-refractivity contribution in [2.24, 2.45) is 5.16 Å². The summed E-state index contributed by atoms with van der Waals surface area (Å²) in [6.07, 6.45) is 6.91. The van der Waals surface area contributed by atoms with E-state index in [9.17, 15) is 5.11 Å². The Balaban J connectivity index is 1.95. The van der Waals surface area contributed by atoms with Gasteiger partial charge in [0.05, 0.1) is 11.9 Å². The number of hydrogen-bond acceptors (Lipinski definition) is 4. The maximum atomic E-state index is 9.98. The van der Waals surface area contributed by atoms with Crippen LogP contribution in [0, 0.1) is 6.92 Å². The lowest BCUT2D eigenvalue weighted by Gasteiger charge is -2.09. The van der Waals surface area contributed by atoms with Gasteiger partial charge in [-0.15, -0.1) is 0 Å². The summed E-state index contributed by atoms with van der Waals surface area (Å²) in [7, 11) is 0. The maximum absolute atomic E-state index is 9.98. The first-order chi connectivity index (χ1) is 10.2. The zero-order chi connectivity index (χ0) is 15.1. The average molecular weight is 284 g/mol. The highest BCUT2D eigenvalue weighted by molar-refractivity contribution is 5.85. The van der Waals surface area contributed by atoms with Crippen molar-refractivity contribution >= 4 is 6.21 Å². The van der Waals surface area contributed by atoms with Gasteiger partial charge in [-0.05, 0) is 43.7 Å². The molecule has 0 unspecified atom stereocenters. The molecule has 2 N–H and O–H groups in total. The van der Waals surface area contributed by atoms with Crippen LogP contribution in [0.25, 0.3) is 0 Å². The molecule has 0 bridgehead atoms. The van der Waals surface area contributed by atoms with Crippen LogP contribution in [-0.2, 0) is 12.8 Å². The molecule has 0 saturated carbocycles. The Bertz CT molecular complexity index is 610. The fourth-order valence-corrected chi connectivity index (χ4v) is 2.34. The van der Waals surface area contributed by atoms with Crippen LogP contribution in [0.2, 0.25) is 0 Å². The van der Waals surface area contributed by atoms with E-state index in [0.29, 0.717) is 11.3 Å². The third kappa shape index (κ3) is 4.05. The Morgan fingerprint density at radius 1 is 1.14 bits per heavy atom. The van der Waals surface area contributed by atoms with E-state index in [1.54, 1.807) is 13.1 Å². The third-order valence-corrected chi connectivity index (χ3v) is 3.55. The van der Waals surface area contributed by atoms with Gasteiger partial charge in [0.25, 0.3) is 0 Å². The van der Waals surface area contributed by atoms with Crippen molar-refractivity contribution in [3.8, 4) is 5.75 Å². The smallest absolute Gasteiger partial charge is 0.145 e. The van der Waals surface area contributed by atoms with Crippen LogP contribution >= 0.6 is 0 Å². The fourth-order valence-electron chi connectivity index (χ4n) is 2.34. The van der Waals surface area contributed by atoms with Gasteiger partial charge in [-0.3, -0.25) is 4.98 Å². The van der Waals surface area contributed by atoms with Gasteiger partial charge in [0.15, 0.2) is 0 Å². The number of aryl methyl sites for hydroxylation is 3. The zero-order valence-corrected chi connectivity index (χ0v) is 12.2. The van der Waals surface area contributed by atoms with Crippen molar-refractivity contribution in [1.82, 2.24) is 4.98 Å². The molecule has 0 saturated heterocycles. The van der Waals surface area contributed by atoms with Crippen LogP contribution in [0.4, 0.5) is 0 Å². The van der Waals surface area contributed by atoms with Gasteiger partial charge in [-0.2, -0.15) is 0 Å². The molecule has 0 atom stereocenters. The normalized spacial score (nSPS) is 11.1. The standard InChI is InChI=1S/C17H20N2O2/c1-13-17(20)16(12-19-21)15(11-18-13)10-6-5-9-14-7-3-2-4-8-14/h2-4,7-8,11-12,20-21H,5-6,9-10H2,1H3. The summed E-state index contributed by atoms with van der Waals surface area (Å²) in [6.45, 7) is 1.73. The second-order valence-corrected chi connectivity index (χ2v) is 5.07. The summed E-state index contributed by atoms with van der Waals surface area (Å²) in [5.41, 5.74) is 3.34. The van der Waals surface area contributed by atoms with Gasteiger partial charge in [0.2, 0.25) is 0 Å². The minimum atomic E-state index is 0.0911. The molecule has 110 valence electrons. The van der Waals surface area contributed by atoms with Crippen molar-refractivity contribution in [2.75, 3.05) is 0 Å². The van der Waals surface area contributed by atoms with Crippen molar-refractivity contribution in [3.63, 3.8) is 0 Å². The molecule has 4 nitrogen and oxygen atoms in total. The lowest BCUT2D eigenvalue weighted by atomic mass is 10.0. The molecule has 21 heavy (non-hydrogen) atoms. The molecular formula is C17H20N2O2. The van der Waals surface area contributed by atoms with E-state index in [0.717, 1.165) is 31.2 Å². The van der Waals surface area contributed by atoms with Crippen molar-refractivity contribution in [2.45, 2.75) is 32.6 Å². The van der Waals surface area contributed by atoms with E-state index in [1.807, 2.05) is 18.2 Å². The first kappa shape index (κ1) is 15.0. The second kappa shape index (κ2) is 7.43. The topological polar surface area (TPSA) is 65.7 Å². The third-order valence-electron chi connectivity index (χ3n) is 3.55. The zero-order valence-electron chi connectivity index (χ0n) is 12.2. The summed E-state index contributed by atoms with van der Waals surface area (Å²) in [5.74, 6) is 0.0911. The molecule has 1 heterocycles. The van der Waals surface area contributed by atoms with E-state index in [4.69, 9.17) is 5.21 Å². The number of unbranched alkanes of at least 4 members (excludes halogenated alkanes) is 1. The average Bonchev–Trinajstić information content (AvgIpc) is 2.51. The molecule has 1 aromatic heterocycles. The molecule has 0 aliphatic heterocycles. The largest absolute Gasteiger partial charge is 0.505 e. The summed E-state index contributed by atoms with van der Waals surface area (Å²) < 4.78 is 0. The number of aromatic hydroxyl groups is 1. The monoisotopic (exact) mass is 284 g/mol. The molecule has 2 rings (SSSR count). The van der Waals surface area contributed by atoms with Crippen molar-refractivity contribution < 1.29 is 10.3 Å². The number of aromatic nitrogens is 1. The molecule has 4 heteroatoms. The van der Waals surface area contributed by atoms with E-state index in [2.05, 4.69) is 22.3 Å². The van der Waals surface area contributed by atoms with Crippen LogP contribution in [-0.4, -0.2) is 21.5 Å². The summed E-state index contributed by atoms with van der Waals surface area (Å²) in [6, 6.07) is 10.4. The molecule has 0 aliphatic carbocycles. The van der Waals surface area contributed by atoms with Crippen molar-refractivity contribution in [1.29, 1.82) is 0 Å². The van der Waals surface area contributed by atoms with Crippen LogP contribution in [0.3, 0.4) is 0 Å². The van der Waals surface area contributed by atoms with Crippen molar-refractivity contribution in [3.05, 3.63) is 58.9 Å².